The molecule has 102 valence electrons. The lowest BCUT2D eigenvalue weighted by Gasteiger charge is -2.09. The van der Waals surface area contributed by atoms with Crippen molar-refractivity contribution in [3.63, 3.8) is 0 Å². The van der Waals surface area contributed by atoms with Gasteiger partial charge in [-0.2, -0.15) is 0 Å². The van der Waals surface area contributed by atoms with Crippen LogP contribution in [0, 0.1) is 0 Å². The number of anilines is 1. The highest BCUT2D eigenvalue weighted by Gasteiger charge is 2.04. The van der Waals surface area contributed by atoms with Crippen molar-refractivity contribution < 1.29 is 4.74 Å². The zero-order valence-corrected chi connectivity index (χ0v) is 11.8. The van der Waals surface area contributed by atoms with Crippen molar-refractivity contribution in [1.82, 2.24) is 15.0 Å². The molecule has 2 rings (SSSR count). The summed E-state index contributed by atoms with van der Waals surface area (Å²) in [7, 11) is 1.84. The van der Waals surface area contributed by atoms with Gasteiger partial charge in [0.1, 0.15) is 11.4 Å². The number of aromatic nitrogens is 3. The van der Waals surface area contributed by atoms with Gasteiger partial charge in [-0.05, 0) is 24.6 Å². The molecule has 0 fully saturated rings. The van der Waals surface area contributed by atoms with Gasteiger partial charge in [0.05, 0.1) is 18.2 Å². The number of nitrogens with one attached hydrogen (secondary N) is 1. The fourth-order valence-corrected chi connectivity index (χ4v) is 1.84. The van der Waals surface area contributed by atoms with E-state index >= 15 is 0 Å². The van der Waals surface area contributed by atoms with Gasteiger partial charge in [0.25, 0.3) is 0 Å². The van der Waals surface area contributed by atoms with Crippen LogP contribution in [0.3, 0.4) is 0 Å². The average molecular weight is 281 g/mol. The van der Waals surface area contributed by atoms with Gasteiger partial charge in [0.15, 0.2) is 0 Å². The highest BCUT2D eigenvalue weighted by molar-refractivity contribution is 6.32. The molecule has 19 heavy (non-hydrogen) atoms. The molecule has 6 heteroatoms. The van der Waals surface area contributed by atoms with Gasteiger partial charge in [-0.15, -0.1) is 5.10 Å². The topological polar surface area (TPSA) is 52.0 Å². The Bertz CT molecular complexity index is 541. The van der Waals surface area contributed by atoms with Crippen molar-refractivity contribution in [1.29, 1.82) is 0 Å². The van der Waals surface area contributed by atoms with E-state index in [-0.39, 0.29) is 0 Å². The minimum atomic E-state index is 0.609. The molecule has 2 aromatic rings. The predicted molar refractivity (Wildman–Crippen MR) is 75.6 cm³/mol. The van der Waals surface area contributed by atoms with Crippen LogP contribution in [0.25, 0.3) is 0 Å². The van der Waals surface area contributed by atoms with Gasteiger partial charge in [0, 0.05) is 18.9 Å². The Morgan fingerprint density at radius 1 is 1.42 bits per heavy atom. The SMILES string of the molecule is CCCOc1ccc(NCc2cn(C)nn2)cc1Cl. The monoisotopic (exact) mass is 280 g/mol. The maximum atomic E-state index is 6.15. The summed E-state index contributed by atoms with van der Waals surface area (Å²) in [5.41, 5.74) is 1.81. The van der Waals surface area contributed by atoms with E-state index in [0.717, 1.165) is 17.8 Å². The van der Waals surface area contributed by atoms with Gasteiger partial charge in [0.2, 0.25) is 0 Å². The zero-order valence-electron chi connectivity index (χ0n) is 11.1. The second kappa shape index (κ2) is 6.43. The van der Waals surface area contributed by atoms with Crippen LogP contribution in [0.15, 0.2) is 24.4 Å². The van der Waals surface area contributed by atoms with Crippen molar-refractivity contribution in [3.05, 3.63) is 35.1 Å². The molecule has 0 unspecified atom stereocenters. The first-order valence-corrected chi connectivity index (χ1v) is 6.58. The quantitative estimate of drug-likeness (QED) is 0.884. The summed E-state index contributed by atoms with van der Waals surface area (Å²) in [6.45, 7) is 3.34. The first-order chi connectivity index (χ1) is 9.19. The number of hydrogen-bond donors (Lipinski definition) is 1. The van der Waals surface area contributed by atoms with Crippen LogP contribution >= 0.6 is 11.6 Å². The maximum Gasteiger partial charge on any atom is 0.138 e. The van der Waals surface area contributed by atoms with Crippen LogP contribution in [-0.2, 0) is 13.6 Å². The van der Waals surface area contributed by atoms with E-state index < -0.39 is 0 Å². The Balaban J connectivity index is 1.95. The Hall–Kier alpha value is -1.75. The molecular formula is C13H17ClN4O. The molecule has 0 radical (unpaired) electrons. The smallest absolute Gasteiger partial charge is 0.138 e. The fourth-order valence-electron chi connectivity index (χ4n) is 1.61. The Labute approximate surface area is 117 Å². The molecule has 0 atom stereocenters. The predicted octanol–water partition coefficient (Wildman–Crippen LogP) is 2.87. The molecule has 0 aliphatic heterocycles. The second-order valence-corrected chi connectivity index (χ2v) is 4.64. The molecule has 5 nitrogen and oxygen atoms in total. The van der Waals surface area contributed by atoms with E-state index in [9.17, 15) is 0 Å². The first-order valence-electron chi connectivity index (χ1n) is 6.20. The zero-order chi connectivity index (χ0) is 13.7. The lowest BCUT2D eigenvalue weighted by molar-refractivity contribution is 0.317. The Morgan fingerprint density at radius 3 is 2.89 bits per heavy atom. The van der Waals surface area contributed by atoms with Crippen LogP contribution in [0.5, 0.6) is 5.75 Å². The van der Waals surface area contributed by atoms with E-state index in [0.29, 0.717) is 23.9 Å². The Morgan fingerprint density at radius 2 is 2.26 bits per heavy atom. The molecule has 0 amide bonds. The van der Waals surface area contributed by atoms with Gasteiger partial charge in [-0.3, -0.25) is 4.68 Å². The molecule has 1 N–H and O–H groups in total. The van der Waals surface area contributed by atoms with Crippen LogP contribution in [0.1, 0.15) is 19.0 Å². The highest BCUT2D eigenvalue weighted by Crippen LogP contribution is 2.27. The number of benzene rings is 1. The summed E-state index contributed by atoms with van der Waals surface area (Å²) in [5.74, 6) is 0.716. The molecule has 0 saturated heterocycles. The molecule has 0 saturated carbocycles. The van der Waals surface area contributed by atoms with Gasteiger partial charge < -0.3 is 10.1 Å². The van der Waals surface area contributed by atoms with Crippen LogP contribution in [-0.4, -0.2) is 21.6 Å². The molecule has 0 aliphatic rings. The van der Waals surface area contributed by atoms with Crippen molar-refractivity contribution in [3.8, 4) is 5.75 Å². The normalized spacial score (nSPS) is 10.5. The van der Waals surface area contributed by atoms with Crippen LogP contribution in [0.4, 0.5) is 5.69 Å². The summed E-state index contributed by atoms with van der Waals surface area (Å²) < 4.78 is 7.19. The molecule has 1 aromatic heterocycles. The summed E-state index contributed by atoms with van der Waals surface area (Å²) in [4.78, 5) is 0. The van der Waals surface area contributed by atoms with Crippen LogP contribution in [0.2, 0.25) is 5.02 Å². The minimum Gasteiger partial charge on any atom is -0.492 e. The van der Waals surface area contributed by atoms with Crippen molar-refractivity contribution in [2.45, 2.75) is 19.9 Å². The molecule has 0 spiro atoms. The lowest BCUT2D eigenvalue weighted by atomic mass is 10.3. The van der Waals surface area contributed by atoms with E-state index in [4.69, 9.17) is 16.3 Å². The number of aryl methyl sites for hydroxylation is 1. The summed E-state index contributed by atoms with van der Waals surface area (Å²) in [6.07, 6.45) is 2.83. The fraction of sp³-hybridized carbons (Fsp3) is 0.385. The first kappa shape index (κ1) is 13.7. The number of nitrogens with zero attached hydrogens (tertiary/aromatic N) is 3. The molecule has 0 aliphatic carbocycles. The molecule has 0 bridgehead atoms. The lowest BCUT2D eigenvalue weighted by Crippen LogP contribution is -2.01. The van der Waals surface area contributed by atoms with E-state index in [1.54, 1.807) is 4.68 Å². The third kappa shape index (κ3) is 3.86. The standard InChI is InChI=1S/C13H17ClN4O/c1-3-6-19-13-5-4-10(7-12(13)14)15-8-11-9-18(2)17-16-11/h4-5,7,9,15H,3,6,8H2,1-2H3. The third-order valence-electron chi connectivity index (χ3n) is 2.52. The van der Waals surface area contributed by atoms with Crippen molar-refractivity contribution >= 4 is 17.3 Å². The van der Waals surface area contributed by atoms with Gasteiger partial charge >= 0.3 is 0 Å². The van der Waals surface area contributed by atoms with E-state index in [1.165, 1.54) is 0 Å². The molecule has 1 aromatic carbocycles. The highest BCUT2D eigenvalue weighted by atomic mass is 35.5. The van der Waals surface area contributed by atoms with Crippen molar-refractivity contribution in [2.24, 2.45) is 7.05 Å². The number of rotatable bonds is 6. The summed E-state index contributed by atoms with van der Waals surface area (Å²) >= 11 is 6.15. The average Bonchev–Trinajstić information content (AvgIpc) is 2.81. The van der Waals surface area contributed by atoms with Gasteiger partial charge in [-0.25, -0.2) is 0 Å². The second-order valence-electron chi connectivity index (χ2n) is 4.23. The molecular weight excluding hydrogens is 264 g/mol. The summed E-state index contributed by atoms with van der Waals surface area (Å²) in [5, 5.41) is 11.7. The van der Waals surface area contributed by atoms with Gasteiger partial charge in [-0.1, -0.05) is 23.7 Å². The minimum absolute atomic E-state index is 0.609. The van der Waals surface area contributed by atoms with E-state index in [2.05, 4.69) is 22.6 Å². The Kier molecular flexibility index (Phi) is 4.63. The number of halogens is 1. The summed E-state index contributed by atoms with van der Waals surface area (Å²) in [6, 6.07) is 5.66. The third-order valence-corrected chi connectivity index (χ3v) is 2.81. The number of ether oxygens (including phenoxy) is 1. The van der Waals surface area contributed by atoms with Crippen LogP contribution < -0.4 is 10.1 Å². The maximum absolute atomic E-state index is 6.15. The number of hydrogen-bond acceptors (Lipinski definition) is 4. The largest absolute Gasteiger partial charge is 0.492 e. The molecule has 1 heterocycles. The van der Waals surface area contributed by atoms with E-state index in [1.807, 2.05) is 31.4 Å². The van der Waals surface area contributed by atoms with Crippen molar-refractivity contribution in [2.75, 3.05) is 11.9 Å².